The van der Waals surface area contributed by atoms with Crippen molar-refractivity contribution in [1.82, 2.24) is 24.5 Å². The largest absolute Gasteiger partial charge is 0.456 e. The SMILES string of the molecule is c1ccc(-c2nc(-c3cccc4oc5ccccc5c34)nc(-c3cccc4oc5c(-c6nc7ccccc7n6-c6ccccc6)cccc5c34)n2)cc1. The maximum Gasteiger partial charge on any atom is 0.164 e. The Balaban J connectivity index is 1.17. The van der Waals surface area contributed by atoms with Crippen LogP contribution in [0.25, 0.3) is 106 Å². The lowest BCUT2D eigenvalue weighted by Crippen LogP contribution is -2.00. The van der Waals surface area contributed by atoms with Crippen molar-refractivity contribution in [1.29, 1.82) is 0 Å². The number of rotatable bonds is 5. The van der Waals surface area contributed by atoms with Crippen molar-refractivity contribution in [2.24, 2.45) is 0 Å². The third-order valence-corrected chi connectivity index (χ3v) is 9.89. The standard InChI is InChI=1S/C46H27N5O2/c1-3-14-28(15-4-1)43-48-44(32-20-12-26-38-40(32)30-18-7-10-25-37(30)52-38)50-45(49-43)33-21-13-27-39-41(33)31-19-11-22-34(42(31)53-39)46-47-35-23-8-9-24-36(35)51(46)29-16-5-2-6-17-29/h1-27H. The highest BCUT2D eigenvalue weighted by atomic mass is 16.3. The molecule has 0 saturated heterocycles. The highest BCUT2D eigenvalue weighted by Crippen LogP contribution is 2.42. The molecule has 0 aliphatic carbocycles. The van der Waals surface area contributed by atoms with Crippen LogP contribution >= 0.6 is 0 Å². The predicted octanol–water partition coefficient (Wildman–Crippen LogP) is 11.7. The van der Waals surface area contributed by atoms with Gasteiger partial charge in [0.2, 0.25) is 0 Å². The van der Waals surface area contributed by atoms with Gasteiger partial charge in [0, 0.05) is 43.9 Å². The molecule has 0 atom stereocenters. The van der Waals surface area contributed by atoms with Crippen LogP contribution in [0.4, 0.5) is 0 Å². The van der Waals surface area contributed by atoms with E-state index in [4.69, 9.17) is 28.8 Å². The van der Waals surface area contributed by atoms with Gasteiger partial charge in [-0.1, -0.05) is 115 Å². The smallest absolute Gasteiger partial charge is 0.164 e. The topological polar surface area (TPSA) is 82.8 Å². The number of furan rings is 2. The highest BCUT2D eigenvalue weighted by molar-refractivity contribution is 6.15. The molecule has 0 amide bonds. The third-order valence-electron chi connectivity index (χ3n) is 9.89. The van der Waals surface area contributed by atoms with E-state index in [-0.39, 0.29) is 0 Å². The van der Waals surface area contributed by atoms with Crippen molar-refractivity contribution in [3.05, 3.63) is 164 Å². The normalized spacial score (nSPS) is 11.8. The van der Waals surface area contributed by atoms with Crippen LogP contribution in [-0.4, -0.2) is 24.5 Å². The summed E-state index contributed by atoms with van der Waals surface area (Å²) in [5.74, 6) is 2.50. The molecule has 7 aromatic carbocycles. The van der Waals surface area contributed by atoms with Crippen LogP contribution in [0.5, 0.6) is 0 Å². The van der Waals surface area contributed by atoms with E-state index < -0.39 is 0 Å². The van der Waals surface area contributed by atoms with E-state index in [0.29, 0.717) is 17.5 Å². The van der Waals surface area contributed by atoms with Gasteiger partial charge in [-0.15, -0.1) is 0 Å². The average Bonchev–Trinajstić information content (AvgIpc) is 3.93. The third kappa shape index (κ3) is 4.61. The van der Waals surface area contributed by atoms with E-state index in [1.54, 1.807) is 0 Å². The van der Waals surface area contributed by atoms with E-state index in [2.05, 4.69) is 59.2 Å². The van der Waals surface area contributed by atoms with E-state index in [0.717, 1.165) is 88.7 Å². The fourth-order valence-electron chi connectivity index (χ4n) is 7.55. The number of aromatic nitrogens is 5. The van der Waals surface area contributed by atoms with Gasteiger partial charge < -0.3 is 8.83 Å². The molecule has 11 rings (SSSR count). The predicted molar refractivity (Wildman–Crippen MR) is 211 cm³/mol. The summed E-state index contributed by atoms with van der Waals surface area (Å²) in [6, 6.07) is 55.0. The molecule has 0 N–H and O–H groups in total. The van der Waals surface area contributed by atoms with Gasteiger partial charge in [-0.3, -0.25) is 4.57 Å². The van der Waals surface area contributed by atoms with Crippen LogP contribution in [0.2, 0.25) is 0 Å². The van der Waals surface area contributed by atoms with Gasteiger partial charge in [0.15, 0.2) is 17.5 Å². The number of para-hydroxylation sites is 5. The van der Waals surface area contributed by atoms with Gasteiger partial charge >= 0.3 is 0 Å². The van der Waals surface area contributed by atoms with Crippen molar-refractivity contribution in [2.45, 2.75) is 0 Å². The molecule has 0 bridgehead atoms. The van der Waals surface area contributed by atoms with Gasteiger partial charge in [-0.05, 0) is 48.5 Å². The monoisotopic (exact) mass is 681 g/mol. The van der Waals surface area contributed by atoms with Gasteiger partial charge in [-0.2, -0.15) is 0 Å². The molecule has 11 aromatic rings. The van der Waals surface area contributed by atoms with Crippen molar-refractivity contribution < 1.29 is 8.83 Å². The fourth-order valence-corrected chi connectivity index (χ4v) is 7.55. The summed E-state index contributed by atoms with van der Waals surface area (Å²) >= 11 is 0. The summed E-state index contributed by atoms with van der Waals surface area (Å²) in [7, 11) is 0. The number of hydrogen-bond donors (Lipinski definition) is 0. The summed E-state index contributed by atoms with van der Waals surface area (Å²) in [5, 5.41) is 3.86. The zero-order valence-corrected chi connectivity index (χ0v) is 28.1. The molecule has 0 spiro atoms. The molecule has 7 heteroatoms. The molecule has 0 unspecified atom stereocenters. The van der Waals surface area contributed by atoms with E-state index in [1.807, 2.05) is 109 Å². The summed E-state index contributed by atoms with van der Waals surface area (Å²) in [6.07, 6.45) is 0. The van der Waals surface area contributed by atoms with Crippen LogP contribution in [-0.2, 0) is 0 Å². The zero-order valence-electron chi connectivity index (χ0n) is 28.1. The second-order valence-electron chi connectivity index (χ2n) is 13.0. The lowest BCUT2D eigenvalue weighted by molar-refractivity contribution is 0.669. The van der Waals surface area contributed by atoms with Crippen LogP contribution in [0.15, 0.2) is 173 Å². The molecule has 53 heavy (non-hydrogen) atoms. The number of hydrogen-bond acceptors (Lipinski definition) is 6. The first-order chi connectivity index (χ1) is 26.3. The number of imidazole rings is 1. The molecule has 4 heterocycles. The van der Waals surface area contributed by atoms with Crippen molar-refractivity contribution in [3.63, 3.8) is 0 Å². The first-order valence-corrected chi connectivity index (χ1v) is 17.5. The van der Waals surface area contributed by atoms with Crippen molar-refractivity contribution in [3.8, 4) is 51.2 Å². The summed E-state index contributed by atoms with van der Waals surface area (Å²) in [5.41, 5.74) is 9.55. The number of nitrogens with zero attached hydrogens (tertiary/aromatic N) is 5. The molecule has 248 valence electrons. The average molecular weight is 682 g/mol. The quantitative estimate of drug-likeness (QED) is 0.180. The Hall–Kier alpha value is -7.38. The number of benzene rings is 7. The number of fused-ring (bicyclic) bond motifs is 7. The Morgan fingerprint density at radius 2 is 0.962 bits per heavy atom. The van der Waals surface area contributed by atoms with E-state index in [9.17, 15) is 0 Å². The molecule has 0 aliphatic rings. The lowest BCUT2D eigenvalue weighted by atomic mass is 10.0. The molecular formula is C46H27N5O2. The summed E-state index contributed by atoms with van der Waals surface area (Å²) < 4.78 is 15.2. The van der Waals surface area contributed by atoms with Gasteiger partial charge in [0.05, 0.1) is 16.6 Å². The summed E-state index contributed by atoms with van der Waals surface area (Å²) in [6.45, 7) is 0. The molecule has 4 aromatic heterocycles. The highest BCUT2D eigenvalue weighted by Gasteiger charge is 2.23. The minimum Gasteiger partial charge on any atom is -0.456 e. The molecule has 0 radical (unpaired) electrons. The second kappa shape index (κ2) is 11.6. The fraction of sp³-hybridized carbons (Fsp3) is 0. The maximum atomic E-state index is 6.78. The molecule has 0 fully saturated rings. The van der Waals surface area contributed by atoms with E-state index in [1.165, 1.54) is 0 Å². The Morgan fingerprint density at radius 3 is 1.75 bits per heavy atom. The lowest BCUT2D eigenvalue weighted by Gasteiger charge is -2.10. The van der Waals surface area contributed by atoms with E-state index >= 15 is 0 Å². The van der Waals surface area contributed by atoms with Gasteiger partial charge in [0.25, 0.3) is 0 Å². The van der Waals surface area contributed by atoms with Crippen LogP contribution in [0, 0.1) is 0 Å². The second-order valence-corrected chi connectivity index (χ2v) is 13.0. The van der Waals surface area contributed by atoms with Crippen LogP contribution in [0.1, 0.15) is 0 Å². The van der Waals surface area contributed by atoms with Crippen LogP contribution < -0.4 is 0 Å². The molecular weight excluding hydrogens is 655 g/mol. The minimum absolute atomic E-state index is 0.550. The van der Waals surface area contributed by atoms with Crippen molar-refractivity contribution in [2.75, 3.05) is 0 Å². The van der Waals surface area contributed by atoms with Crippen molar-refractivity contribution >= 4 is 54.9 Å². The first kappa shape index (κ1) is 29.4. The van der Waals surface area contributed by atoms with Crippen LogP contribution in [0.3, 0.4) is 0 Å². The molecule has 0 saturated carbocycles. The molecule has 0 aliphatic heterocycles. The minimum atomic E-state index is 0.550. The Bertz CT molecular complexity index is 3180. The Labute approximate surface area is 302 Å². The Morgan fingerprint density at radius 1 is 0.396 bits per heavy atom. The van der Waals surface area contributed by atoms with Gasteiger partial charge in [0.1, 0.15) is 28.2 Å². The Kier molecular flexibility index (Phi) is 6.42. The van der Waals surface area contributed by atoms with Gasteiger partial charge in [-0.25, -0.2) is 19.9 Å². The zero-order chi connectivity index (χ0) is 34.9. The summed E-state index contributed by atoms with van der Waals surface area (Å²) in [4.78, 5) is 20.6. The molecule has 7 nitrogen and oxygen atoms in total. The maximum absolute atomic E-state index is 6.78. The first-order valence-electron chi connectivity index (χ1n) is 17.5.